The molecule has 2 aromatic carbocycles. The maximum absolute atomic E-state index is 13.4. The number of hydrogen-bond donors (Lipinski definition) is 3. The number of benzene rings is 2. The Hall–Kier alpha value is -4.29. The lowest BCUT2D eigenvalue weighted by atomic mass is 10.0. The van der Waals surface area contributed by atoms with Gasteiger partial charge < -0.3 is 14.7 Å². The van der Waals surface area contributed by atoms with Gasteiger partial charge >= 0.3 is 6.09 Å². The van der Waals surface area contributed by atoms with Crippen LogP contribution in [0.25, 0.3) is 28.1 Å². The fourth-order valence-electron chi connectivity index (χ4n) is 4.77. The number of aryl methyl sites for hydroxylation is 1. The number of nitrogens with one attached hydrogen (secondary N) is 2. The highest BCUT2D eigenvalue weighted by molar-refractivity contribution is 9.10. The van der Waals surface area contributed by atoms with E-state index in [1.54, 1.807) is 47.0 Å². The Morgan fingerprint density at radius 1 is 1.13 bits per heavy atom. The summed E-state index contributed by atoms with van der Waals surface area (Å²) in [6.45, 7) is 0. The first-order valence-corrected chi connectivity index (χ1v) is 12.7. The largest absolute Gasteiger partial charge is 0.465 e. The van der Waals surface area contributed by atoms with Crippen LogP contribution in [0.1, 0.15) is 24.0 Å². The van der Waals surface area contributed by atoms with Crippen molar-refractivity contribution in [1.82, 2.24) is 34.7 Å². The summed E-state index contributed by atoms with van der Waals surface area (Å²) in [5.41, 5.74) is 4.85. The number of aromatic nitrogens is 7. The first-order chi connectivity index (χ1) is 18.4. The van der Waals surface area contributed by atoms with Crippen molar-refractivity contribution in [2.75, 3.05) is 5.32 Å². The van der Waals surface area contributed by atoms with E-state index in [0.717, 1.165) is 22.4 Å². The molecule has 0 saturated carbocycles. The summed E-state index contributed by atoms with van der Waals surface area (Å²) in [5.74, 6) is 0.658. The number of pyridine rings is 1. The van der Waals surface area contributed by atoms with Gasteiger partial charge in [-0.25, -0.2) is 9.78 Å². The molecule has 0 aliphatic carbocycles. The van der Waals surface area contributed by atoms with E-state index in [4.69, 9.17) is 21.7 Å². The third kappa shape index (κ3) is 4.37. The summed E-state index contributed by atoms with van der Waals surface area (Å²) < 4.78 is 3.97. The lowest BCUT2D eigenvalue weighted by Crippen LogP contribution is -2.24. The van der Waals surface area contributed by atoms with Crippen molar-refractivity contribution in [2.24, 2.45) is 0 Å². The molecule has 4 heterocycles. The van der Waals surface area contributed by atoms with Crippen LogP contribution in [0.3, 0.4) is 0 Å². The number of halogens is 2. The monoisotopic (exact) mass is 592 g/mol. The van der Waals surface area contributed by atoms with E-state index in [1.165, 1.54) is 11.0 Å². The van der Waals surface area contributed by atoms with Gasteiger partial charge in [0.1, 0.15) is 22.4 Å². The molecule has 13 heteroatoms. The van der Waals surface area contributed by atoms with Gasteiger partial charge in [-0.15, -0.1) is 5.10 Å². The average molecular weight is 594 g/mol. The maximum Gasteiger partial charge on any atom is 0.409 e. The minimum absolute atomic E-state index is 0.152. The zero-order valence-electron chi connectivity index (χ0n) is 19.5. The summed E-state index contributed by atoms with van der Waals surface area (Å²) in [5, 5.41) is 23.2. The van der Waals surface area contributed by atoms with Crippen LogP contribution in [-0.2, 0) is 6.42 Å². The molecule has 11 nitrogen and oxygen atoms in total. The van der Waals surface area contributed by atoms with Gasteiger partial charge in [-0.2, -0.15) is 4.68 Å². The number of H-pyrrole nitrogens is 1. The molecule has 0 spiro atoms. The Labute approximate surface area is 228 Å². The Kier molecular flexibility index (Phi) is 6.04. The molecule has 38 heavy (non-hydrogen) atoms. The van der Waals surface area contributed by atoms with Crippen molar-refractivity contribution in [3.05, 3.63) is 92.4 Å². The van der Waals surface area contributed by atoms with Gasteiger partial charge in [-0.05, 0) is 81.2 Å². The molecular weight excluding hydrogens is 576 g/mol. The smallest absolute Gasteiger partial charge is 0.409 e. The summed E-state index contributed by atoms with van der Waals surface area (Å²) in [7, 11) is 0. The van der Waals surface area contributed by atoms with Gasteiger partial charge in [-0.3, -0.25) is 10.1 Å². The molecular formula is C25H18BrClN8O3. The summed E-state index contributed by atoms with van der Waals surface area (Å²) in [6, 6.07) is 15.6. The maximum atomic E-state index is 13.4. The number of fused-ring (bicyclic) bond motifs is 1. The van der Waals surface area contributed by atoms with Crippen LogP contribution in [0, 0.1) is 0 Å². The van der Waals surface area contributed by atoms with Crippen molar-refractivity contribution in [3.8, 4) is 28.1 Å². The lowest BCUT2D eigenvalue weighted by molar-refractivity contribution is 0.209. The first-order valence-electron chi connectivity index (χ1n) is 11.5. The molecule has 0 fully saturated rings. The number of carboxylic acid groups (broad SMARTS) is 1. The summed E-state index contributed by atoms with van der Waals surface area (Å²) >= 11 is 9.84. The van der Waals surface area contributed by atoms with Gasteiger partial charge in [0.05, 0.1) is 11.7 Å². The molecule has 1 amide bonds. The van der Waals surface area contributed by atoms with Crippen LogP contribution in [0.15, 0.2) is 70.3 Å². The first kappa shape index (κ1) is 24.1. The zero-order valence-corrected chi connectivity index (χ0v) is 21.8. The van der Waals surface area contributed by atoms with E-state index in [0.29, 0.717) is 45.4 Å². The summed E-state index contributed by atoms with van der Waals surface area (Å²) in [4.78, 5) is 32.4. The fourth-order valence-corrected chi connectivity index (χ4v) is 5.47. The number of carbonyl (C=O) groups is 1. The van der Waals surface area contributed by atoms with Crippen molar-refractivity contribution in [2.45, 2.75) is 18.9 Å². The predicted molar refractivity (Wildman–Crippen MR) is 144 cm³/mol. The van der Waals surface area contributed by atoms with E-state index in [-0.39, 0.29) is 11.6 Å². The van der Waals surface area contributed by atoms with Crippen LogP contribution in [0.2, 0.25) is 5.02 Å². The van der Waals surface area contributed by atoms with Gasteiger partial charge in [0, 0.05) is 33.6 Å². The van der Waals surface area contributed by atoms with E-state index in [9.17, 15) is 9.59 Å². The second-order valence-corrected chi connectivity index (χ2v) is 9.94. The molecule has 3 aromatic heterocycles. The number of rotatable bonds is 5. The van der Waals surface area contributed by atoms with Crippen molar-refractivity contribution >= 4 is 39.3 Å². The number of nitrogens with zero attached hydrogens (tertiary/aromatic N) is 6. The minimum atomic E-state index is -1.13. The molecule has 3 N–H and O–H groups in total. The number of anilines is 1. The highest BCUT2D eigenvalue weighted by Crippen LogP contribution is 2.36. The molecule has 1 aliphatic rings. The standard InChI is InChI=1S/C25H18BrClN8O3/c26-23-22(13-1-4-16(5-2-13)29-25(37)38)30-24(31-23)20-8-6-17-9-14(10-21(36)35(17)20)18-11-15(27)3-7-19(18)34-12-28-32-33-34/h1-5,7,9-12,20,29H,6,8H2,(H,30,31)(H,37,38)/t20-/m0/s1. The molecule has 0 bridgehead atoms. The van der Waals surface area contributed by atoms with Crippen molar-refractivity contribution in [3.63, 3.8) is 0 Å². The second kappa shape index (κ2) is 9.54. The fraction of sp³-hybridized carbons (Fsp3) is 0.120. The van der Waals surface area contributed by atoms with Gasteiger partial charge in [0.15, 0.2) is 0 Å². The summed E-state index contributed by atoms with van der Waals surface area (Å²) in [6.07, 6.45) is 1.76. The van der Waals surface area contributed by atoms with Crippen LogP contribution >= 0.6 is 27.5 Å². The second-order valence-electron chi connectivity index (χ2n) is 8.71. The molecule has 1 aliphatic heterocycles. The Bertz CT molecular complexity index is 1730. The highest BCUT2D eigenvalue weighted by Gasteiger charge is 2.29. The lowest BCUT2D eigenvalue weighted by Gasteiger charge is -2.15. The normalized spacial score (nSPS) is 14.4. The molecule has 5 aromatic rings. The SMILES string of the molecule is O=C(O)Nc1ccc(-c2nc([C@@H]3CCc4cc(-c5cc(Cl)ccc5-n5cnnn5)cc(=O)n43)[nH]c2Br)cc1. The zero-order chi connectivity index (χ0) is 26.4. The third-order valence-electron chi connectivity index (χ3n) is 6.40. The van der Waals surface area contributed by atoms with Crippen molar-refractivity contribution in [1.29, 1.82) is 0 Å². The number of aromatic amines is 1. The van der Waals surface area contributed by atoms with E-state index >= 15 is 0 Å². The number of tetrazole rings is 1. The molecule has 0 unspecified atom stereocenters. The van der Waals surface area contributed by atoms with Gasteiger partial charge in [0.25, 0.3) is 5.56 Å². The quantitative estimate of drug-likeness (QED) is 0.262. The van der Waals surface area contributed by atoms with Crippen molar-refractivity contribution < 1.29 is 9.90 Å². The Morgan fingerprint density at radius 2 is 1.95 bits per heavy atom. The van der Waals surface area contributed by atoms with Gasteiger partial charge in [-0.1, -0.05) is 23.7 Å². The molecule has 0 radical (unpaired) electrons. The number of hydrogen-bond acceptors (Lipinski definition) is 6. The topological polar surface area (TPSA) is 144 Å². The van der Waals surface area contributed by atoms with Crippen LogP contribution in [0.4, 0.5) is 10.5 Å². The number of amides is 1. The average Bonchev–Trinajstić information content (AvgIpc) is 3.64. The highest BCUT2D eigenvalue weighted by atomic mass is 79.9. The van der Waals surface area contributed by atoms with E-state index < -0.39 is 6.09 Å². The van der Waals surface area contributed by atoms with Crippen LogP contribution in [0.5, 0.6) is 0 Å². The predicted octanol–water partition coefficient (Wildman–Crippen LogP) is 4.92. The Morgan fingerprint density at radius 3 is 2.68 bits per heavy atom. The Balaban J connectivity index is 1.35. The van der Waals surface area contributed by atoms with Crippen LogP contribution in [-0.4, -0.2) is 45.9 Å². The minimum Gasteiger partial charge on any atom is -0.465 e. The van der Waals surface area contributed by atoms with Gasteiger partial charge in [0.2, 0.25) is 0 Å². The van der Waals surface area contributed by atoms with Crippen LogP contribution < -0.4 is 10.9 Å². The van der Waals surface area contributed by atoms with E-state index in [2.05, 4.69) is 41.8 Å². The molecule has 190 valence electrons. The third-order valence-corrected chi connectivity index (χ3v) is 7.21. The molecule has 6 rings (SSSR count). The molecule has 0 saturated heterocycles. The molecule has 1 atom stereocenters. The van der Waals surface area contributed by atoms with E-state index in [1.807, 2.05) is 12.1 Å². The number of imidazole rings is 1.